The molecule has 0 N–H and O–H groups in total. The highest BCUT2D eigenvalue weighted by Crippen LogP contribution is 2.30. The van der Waals surface area contributed by atoms with Crippen molar-refractivity contribution in [1.82, 2.24) is 4.90 Å². The van der Waals surface area contributed by atoms with E-state index in [1.54, 1.807) is 7.11 Å². The largest absolute Gasteiger partial charge is 0.497 e. The van der Waals surface area contributed by atoms with E-state index in [1.165, 1.54) is 0 Å². The van der Waals surface area contributed by atoms with Gasteiger partial charge in [0.25, 0.3) is 6.35 Å². The highest BCUT2D eigenvalue weighted by atomic mass is 16.5. The second kappa shape index (κ2) is 8.14. The summed E-state index contributed by atoms with van der Waals surface area (Å²) in [6.45, 7) is 3.11. The van der Waals surface area contributed by atoms with Crippen molar-refractivity contribution in [2.75, 3.05) is 38.3 Å². The predicted molar refractivity (Wildman–Crippen MR) is 105 cm³/mol. The van der Waals surface area contributed by atoms with Gasteiger partial charge in [0.15, 0.2) is 0 Å². The maximum Gasteiger partial charge on any atom is 0.275 e. The van der Waals surface area contributed by atoms with Gasteiger partial charge in [-0.05, 0) is 42.5 Å². The Hall–Kier alpha value is -2.99. The third-order valence-corrected chi connectivity index (χ3v) is 4.58. The molecule has 4 rings (SSSR count). The van der Waals surface area contributed by atoms with E-state index in [-0.39, 0.29) is 0 Å². The van der Waals surface area contributed by atoms with Crippen LogP contribution >= 0.6 is 0 Å². The van der Waals surface area contributed by atoms with E-state index >= 15 is 0 Å². The first-order valence-electron chi connectivity index (χ1n) is 9.06. The Balaban J connectivity index is 1.66. The highest BCUT2D eigenvalue weighted by Gasteiger charge is 2.30. The molecule has 2 aliphatic rings. The summed E-state index contributed by atoms with van der Waals surface area (Å²) >= 11 is 0. The lowest BCUT2D eigenvalue weighted by atomic mass is 10.2. The average molecular weight is 365 g/mol. The molecular weight excluding hydrogens is 342 g/mol. The Bertz CT molecular complexity index is 799. The summed E-state index contributed by atoms with van der Waals surface area (Å²) in [5.41, 5.74) is 0.992. The maximum absolute atomic E-state index is 6.20. The molecule has 27 heavy (non-hydrogen) atoms. The molecule has 6 nitrogen and oxygen atoms in total. The average Bonchev–Trinajstić information content (AvgIpc) is 2.75. The van der Waals surface area contributed by atoms with Crippen molar-refractivity contribution in [1.29, 1.82) is 0 Å². The second-order valence-corrected chi connectivity index (χ2v) is 6.25. The van der Waals surface area contributed by atoms with E-state index in [4.69, 9.17) is 14.2 Å². The number of hydrogen-bond donors (Lipinski definition) is 0. The number of benzene rings is 2. The van der Waals surface area contributed by atoms with Gasteiger partial charge in [-0.1, -0.05) is 18.2 Å². The summed E-state index contributed by atoms with van der Waals surface area (Å²) in [7, 11) is 1.67. The fourth-order valence-electron chi connectivity index (χ4n) is 3.20. The Morgan fingerprint density at radius 3 is 2.41 bits per heavy atom. The number of para-hydroxylation sites is 1. The van der Waals surface area contributed by atoms with Crippen LogP contribution in [0.3, 0.4) is 0 Å². The molecule has 0 saturated carbocycles. The molecule has 0 radical (unpaired) electrons. The van der Waals surface area contributed by atoms with Crippen molar-refractivity contribution in [3.05, 3.63) is 66.5 Å². The Labute approximate surface area is 159 Å². The molecule has 2 aromatic rings. The topological polar surface area (TPSA) is 46.5 Å². The van der Waals surface area contributed by atoms with Gasteiger partial charge in [0, 0.05) is 25.0 Å². The van der Waals surface area contributed by atoms with Crippen molar-refractivity contribution in [2.24, 2.45) is 4.99 Å². The summed E-state index contributed by atoms with van der Waals surface area (Å²) in [6.07, 6.45) is 3.36. The second-order valence-electron chi connectivity index (χ2n) is 6.25. The summed E-state index contributed by atoms with van der Waals surface area (Å²) in [5.74, 6) is 2.65. The standard InChI is InChI=1S/C21H23N3O3/c1-25-18-9-7-17(8-10-18)24-20(23-13-15-26-16-14-23)11-12-22-21(24)27-19-5-3-2-4-6-19/h2-12,21H,13-16H2,1H3. The van der Waals surface area contributed by atoms with Crippen molar-refractivity contribution >= 4 is 11.9 Å². The minimum Gasteiger partial charge on any atom is -0.497 e. The lowest BCUT2D eigenvalue weighted by Crippen LogP contribution is -2.48. The van der Waals surface area contributed by atoms with Gasteiger partial charge in [0.05, 0.1) is 20.3 Å². The highest BCUT2D eigenvalue weighted by molar-refractivity contribution is 5.76. The van der Waals surface area contributed by atoms with Gasteiger partial charge in [0.1, 0.15) is 17.3 Å². The van der Waals surface area contributed by atoms with Crippen molar-refractivity contribution in [2.45, 2.75) is 6.35 Å². The van der Waals surface area contributed by atoms with Crippen LogP contribution in [0.4, 0.5) is 5.69 Å². The minimum absolute atomic E-state index is 0.483. The Morgan fingerprint density at radius 2 is 1.70 bits per heavy atom. The molecule has 140 valence electrons. The first-order valence-corrected chi connectivity index (χ1v) is 9.06. The lowest BCUT2D eigenvalue weighted by molar-refractivity contribution is 0.0491. The quantitative estimate of drug-likeness (QED) is 0.815. The van der Waals surface area contributed by atoms with Crippen molar-refractivity contribution in [3.8, 4) is 11.5 Å². The fourth-order valence-corrected chi connectivity index (χ4v) is 3.20. The van der Waals surface area contributed by atoms with Gasteiger partial charge in [0.2, 0.25) is 0 Å². The monoisotopic (exact) mass is 365 g/mol. The molecule has 1 unspecified atom stereocenters. The molecule has 0 aliphatic carbocycles. The van der Waals surface area contributed by atoms with Crippen molar-refractivity contribution < 1.29 is 14.2 Å². The van der Waals surface area contributed by atoms with Gasteiger partial charge in [-0.25, -0.2) is 4.99 Å². The van der Waals surface area contributed by atoms with E-state index in [0.29, 0.717) is 0 Å². The van der Waals surface area contributed by atoms with Crippen LogP contribution in [0.15, 0.2) is 71.5 Å². The number of rotatable bonds is 5. The van der Waals surface area contributed by atoms with Crippen LogP contribution in [0, 0.1) is 0 Å². The predicted octanol–water partition coefficient (Wildman–Crippen LogP) is 3.12. The summed E-state index contributed by atoms with van der Waals surface area (Å²) in [6, 6.07) is 17.7. The van der Waals surface area contributed by atoms with Crippen LogP contribution in [0.2, 0.25) is 0 Å². The van der Waals surface area contributed by atoms with Gasteiger partial charge in [-0.3, -0.25) is 4.90 Å². The number of methoxy groups -OCH3 is 1. The van der Waals surface area contributed by atoms with E-state index in [1.807, 2.05) is 66.9 Å². The van der Waals surface area contributed by atoms with E-state index in [0.717, 1.165) is 49.3 Å². The van der Waals surface area contributed by atoms with Gasteiger partial charge >= 0.3 is 0 Å². The number of anilines is 1. The van der Waals surface area contributed by atoms with Crippen LogP contribution in [-0.2, 0) is 4.74 Å². The van der Waals surface area contributed by atoms with E-state index in [9.17, 15) is 0 Å². The van der Waals surface area contributed by atoms with Gasteiger partial charge < -0.3 is 19.1 Å². The molecular formula is C21H23N3O3. The lowest BCUT2D eigenvalue weighted by Gasteiger charge is -2.41. The smallest absolute Gasteiger partial charge is 0.275 e. The van der Waals surface area contributed by atoms with E-state index < -0.39 is 6.35 Å². The summed E-state index contributed by atoms with van der Waals surface area (Å²) in [5, 5.41) is 0. The molecule has 2 aromatic carbocycles. The fraction of sp³-hybridized carbons (Fsp3) is 0.286. The number of aliphatic imine (C=N–C) groups is 1. The maximum atomic E-state index is 6.20. The summed E-state index contributed by atoms with van der Waals surface area (Å²) < 4.78 is 17.0. The number of allylic oxidation sites excluding steroid dienone is 1. The van der Waals surface area contributed by atoms with Crippen LogP contribution in [0.1, 0.15) is 0 Å². The van der Waals surface area contributed by atoms with Crippen LogP contribution in [0.25, 0.3) is 0 Å². The van der Waals surface area contributed by atoms with Crippen molar-refractivity contribution in [3.63, 3.8) is 0 Å². The van der Waals surface area contributed by atoms with Gasteiger partial charge in [-0.2, -0.15) is 0 Å². The molecule has 1 atom stereocenters. The zero-order chi connectivity index (χ0) is 18.5. The number of morpholine rings is 1. The molecule has 1 fully saturated rings. The molecule has 0 aromatic heterocycles. The minimum atomic E-state index is -0.483. The molecule has 2 heterocycles. The Kier molecular flexibility index (Phi) is 5.25. The zero-order valence-electron chi connectivity index (χ0n) is 15.3. The first-order chi connectivity index (χ1) is 13.3. The first kappa shape index (κ1) is 17.4. The SMILES string of the molecule is COc1ccc(N2C(N3CCOCC3)=CC=NC2Oc2ccccc2)cc1. The van der Waals surface area contributed by atoms with Crippen LogP contribution in [0.5, 0.6) is 11.5 Å². The Morgan fingerprint density at radius 1 is 0.963 bits per heavy atom. The van der Waals surface area contributed by atoms with Crippen LogP contribution in [-0.4, -0.2) is 50.9 Å². The number of nitrogens with zero attached hydrogens (tertiary/aromatic N) is 3. The normalized spacial score (nSPS) is 19.6. The third kappa shape index (κ3) is 3.90. The van der Waals surface area contributed by atoms with Gasteiger partial charge in [-0.15, -0.1) is 0 Å². The number of ether oxygens (including phenoxy) is 3. The third-order valence-electron chi connectivity index (χ3n) is 4.58. The zero-order valence-corrected chi connectivity index (χ0v) is 15.3. The molecule has 1 saturated heterocycles. The molecule has 0 spiro atoms. The molecule has 0 amide bonds. The molecule has 6 heteroatoms. The van der Waals surface area contributed by atoms with Crippen LogP contribution < -0.4 is 14.4 Å². The summed E-state index contributed by atoms with van der Waals surface area (Å²) in [4.78, 5) is 9.00. The molecule has 2 aliphatic heterocycles. The molecule has 0 bridgehead atoms. The number of hydrogen-bond acceptors (Lipinski definition) is 6. The van der Waals surface area contributed by atoms with E-state index in [2.05, 4.69) is 14.8 Å².